The topological polar surface area (TPSA) is 65.3 Å². The van der Waals surface area contributed by atoms with Crippen LogP contribution in [0.15, 0.2) is 6.07 Å². The summed E-state index contributed by atoms with van der Waals surface area (Å²) in [4.78, 5) is 12.6. The predicted octanol–water partition coefficient (Wildman–Crippen LogP) is 2.96. The highest BCUT2D eigenvalue weighted by Crippen LogP contribution is 2.32. The molecule has 0 aromatic carbocycles. The quantitative estimate of drug-likeness (QED) is 0.271. The van der Waals surface area contributed by atoms with E-state index < -0.39 is 29.5 Å². The zero-order valence-corrected chi connectivity index (χ0v) is 9.95. The predicted molar refractivity (Wildman–Crippen MR) is 55.1 cm³/mol. The number of rotatable bonds is 3. The normalized spacial score (nSPS) is 11.4. The second-order valence-electron chi connectivity index (χ2n) is 2.70. The van der Waals surface area contributed by atoms with E-state index in [0.29, 0.717) is 6.07 Å². The maximum Gasteiger partial charge on any atom is 0.573 e. The van der Waals surface area contributed by atoms with Crippen LogP contribution in [0.1, 0.15) is 5.56 Å². The molecule has 10 heteroatoms. The van der Waals surface area contributed by atoms with Gasteiger partial charge < -0.3 is 14.9 Å². The Kier molecular flexibility index (Phi) is 4.06. The van der Waals surface area contributed by atoms with Crippen molar-refractivity contribution in [1.82, 2.24) is 4.98 Å². The largest absolute Gasteiger partial charge is 0.573 e. The minimum Gasteiger partial charge on any atom is -0.397 e. The van der Waals surface area contributed by atoms with E-state index in [4.69, 9.17) is 0 Å². The zero-order valence-electron chi connectivity index (χ0n) is 7.79. The van der Waals surface area contributed by atoms with Crippen molar-refractivity contribution in [2.24, 2.45) is 0 Å². The first-order valence-electron chi connectivity index (χ1n) is 3.90. The second kappa shape index (κ2) is 4.98. The van der Waals surface area contributed by atoms with Crippen molar-refractivity contribution in [3.05, 3.63) is 25.4 Å². The van der Waals surface area contributed by atoms with Gasteiger partial charge in [-0.2, -0.15) is 0 Å². The van der Waals surface area contributed by atoms with Crippen LogP contribution >= 0.6 is 22.6 Å². The lowest BCUT2D eigenvalue weighted by molar-refractivity contribution is -0.393. The summed E-state index contributed by atoms with van der Waals surface area (Å²) in [6.07, 6.45) is -5.10. The third-order valence-corrected chi connectivity index (χ3v) is 2.47. The SMILES string of the molecule is O=[N+]([O-])c1nc(I)c(CF)cc1OC(F)(F)F. The highest BCUT2D eigenvalue weighted by molar-refractivity contribution is 14.1. The second-order valence-corrected chi connectivity index (χ2v) is 3.72. The highest BCUT2D eigenvalue weighted by atomic mass is 127. The van der Waals surface area contributed by atoms with Gasteiger partial charge in [0.25, 0.3) is 0 Å². The summed E-state index contributed by atoms with van der Waals surface area (Å²) in [5, 5.41) is 10.5. The van der Waals surface area contributed by atoms with Crippen LogP contribution in [0.3, 0.4) is 0 Å². The minimum atomic E-state index is -5.10. The van der Waals surface area contributed by atoms with Crippen molar-refractivity contribution >= 4 is 28.4 Å². The molecule has 5 nitrogen and oxygen atoms in total. The molecule has 17 heavy (non-hydrogen) atoms. The van der Waals surface area contributed by atoms with E-state index in [0.717, 1.165) is 0 Å². The lowest BCUT2D eigenvalue weighted by Crippen LogP contribution is -2.18. The van der Waals surface area contributed by atoms with Crippen LogP contribution in [0.2, 0.25) is 0 Å². The van der Waals surface area contributed by atoms with E-state index in [1.54, 1.807) is 0 Å². The number of alkyl halides is 4. The fraction of sp³-hybridized carbons (Fsp3) is 0.286. The standard InChI is InChI=1S/C7H3F4IN2O3/c8-2-3-1-4(17-7(9,10)11)6(14(15)16)13-5(3)12/h1H,2H2. The van der Waals surface area contributed by atoms with Crippen LogP contribution in [-0.2, 0) is 6.67 Å². The van der Waals surface area contributed by atoms with Gasteiger partial charge >= 0.3 is 12.2 Å². The summed E-state index contributed by atoms with van der Waals surface area (Å²) in [6, 6.07) is 0.612. The molecule has 0 aliphatic heterocycles. The summed E-state index contributed by atoms with van der Waals surface area (Å²) in [7, 11) is 0. The first-order valence-corrected chi connectivity index (χ1v) is 4.98. The number of aromatic nitrogens is 1. The van der Waals surface area contributed by atoms with E-state index in [-0.39, 0.29) is 9.26 Å². The van der Waals surface area contributed by atoms with Crippen molar-refractivity contribution in [2.45, 2.75) is 13.0 Å². The number of nitro groups is 1. The molecule has 1 heterocycles. The Morgan fingerprint density at radius 3 is 2.53 bits per heavy atom. The fourth-order valence-corrected chi connectivity index (χ4v) is 1.45. The summed E-state index contributed by atoms with van der Waals surface area (Å²) >= 11 is 1.48. The Bertz CT molecular complexity index is 451. The van der Waals surface area contributed by atoms with Crippen molar-refractivity contribution in [3.63, 3.8) is 0 Å². The van der Waals surface area contributed by atoms with Crippen LogP contribution in [0.25, 0.3) is 0 Å². The van der Waals surface area contributed by atoms with Crippen molar-refractivity contribution in [2.75, 3.05) is 0 Å². The molecule has 0 saturated heterocycles. The van der Waals surface area contributed by atoms with E-state index in [1.165, 1.54) is 22.6 Å². The molecule has 1 aromatic heterocycles. The van der Waals surface area contributed by atoms with E-state index in [1.807, 2.05) is 0 Å². The van der Waals surface area contributed by atoms with Gasteiger partial charge in [0.05, 0.1) is 0 Å². The molecule has 94 valence electrons. The van der Waals surface area contributed by atoms with Crippen LogP contribution in [0.5, 0.6) is 5.75 Å². The number of hydrogen-bond acceptors (Lipinski definition) is 4. The van der Waals surface area contributed by atoms with Gasteiger partial charge in [0.2, 0.25) is 9.45 Å². The Hall–Kier alpha value is -1.20. The molecular weight excluding hydrogens is 363 g/mol. The summed E-state index contributed by atoms with van der Waals surface area (Å²) in [5.74, 6) is -2.24. The van der Waals surface area contributed by atoms with Crippen LogP contribution in [0, 0.1) is 13.8 Å². The summed E-state index contributed by atoms with van der Waals surface area (Å²) in [6.45, 7) is -1.10. The maximum absolute atomic E-state index is 12.4. The summed E-state index contributed by atoms with van der Waals surface area (Å²) < 4.78 is 51.6. The number of hydrogen-bond donors (Lipinski definition) is 0. The average molecular weight is 366 g/mol. The Morgan fingerprint density at radius 2 is 2.12 bits per heavy atom. The first kappa shape index (κ1) is 13.9. The molecule has 0 atom stereocenters. The molecule has 0 N–H and O–H groups in total. The van der Waals surface area contributed by atoms with Gasteiger partial charge in [-0.1, -0.05) is 0 Å². The van der Waals surface area contributed by atoms with Gasteiger partial charge in [-0.05, 0) is 9.91 Å². The first-order chi connectivity index (χ1) is 7.74. The molecule has 1 aromatic rings. The van der Waals surface area contributed by atoms with Crippen LogP contribution < -0.4 is 4.74 Å². The van der Waals surface area contributed by atoms with Gasteiger partial charge in [0.15, 0.2) is 0 Å². The molecule has 0 spiro atoms. The lowest BCUT2D eigenvalue weighted by Gasteiger charge is -2.09. The van der Waals surface area contributed by atoms with E-state index >= 15 is 0 Å². The third-order valence-electron chi connectivity index (χ3n) is 1.54. The Morgan fingerprint density at radius 1 is 1.53 bits per heavy atom. The van der Waals surface area contributed by atoms with Crippen molar-refractivity contribution in [3.8, 4) is 5.75 Å². The molecular formula is C7H3F4IN2O3. The smallest absolute Gasteiger partial charge is 0.397 e. The van der Waals surface area contributed by atoms with Crippen molar-refractivity contribution in [1.29, 1.82) is 0 Å². The molecule has 0 fully saturated rings. The zero-order chi connectivity index (χ0) is 13.2. The van der Waals surface area contributed by atoms with Gasteiger partial charge in [-0.3, -0.25) is 0 Å². The van der Waals surface area contributed by atoms with Gasteiger partial charge in [-0.15, -0.1) is 13.2 Å². The van der Waals surface area contributed by atoms with Gasteiger partial charge in [0, 0.05) is 34.2 Å². The molecule has 0 amide bonds. The average Bonchev–Trinajstić information content (AvgIpc) is 2.17. The number of nitrogens with zero attached hydrogens (tertiary/aromatic N) is 2. The molecule has 1 rings (SSSR count). The van der Waals surface area contributed by atoms with Gasteiger partial charge in [-0.25, -0.2) is 4.39 Å². The lowest BCUT2D eigenvalue weighted by atomic mass is 10.3. The maximum atomic E-state index is 12.4. The molecule has 0 radical (unpaired) electrons. The monoisotopic (exact) mass is 366 g/mol. The van der Waals surface area contributed by atoms with Gasteiger partial charge in [0.1, 0.15) is 6.67 Å². The van der Waals surface area contributed by atoms with Crippen LogP contribution in [-0.4, -0.2) is 16.3 Å². The fourth-order valence-electron chi connectivity index (χ4n) is 0.927. The molecule has 0 bridgehead atoms. The molecule has 0 unspecified atom stereocenters. The third kappa shape index (κ3) is 3.64. The number of pyridine rings is 1. The van der Waals surface area contributed by atoms with Crippen molar-refractivity contribution < 1.29 is 27.2 Å². The molecule has 0 aliphatic carbocycles. The van der Waals surface area contributed by atoms with E-state index in [9.17, 15) is 27.7 Å². The van der Waals surface area contributed by atoms with E-state index in [2.05, 4.69) is 9.72 Å². The highest BCUT2D eigenvalue weighted by Gasteiger charge is 2.35. The van der Waals surface area contributed by atoms with Crippen LogP contribution in [0.4, 0.5) is 23.4 Å². The molecule has 0 aliphatic rings. The number of ether oxygens (including phenoxy) is 1. The Labute approximate surface area is 105 Å². The summed E-state index contributed by atoms with van der Waals surface area (Å²) in [5.41, 5.74) is -0.213. The Balaban J connectivity index is 3.29. The minimum absolute atomic E-state index is 0.0914. The molecule has 0 saturated carbocycles. The number of halogens is 5.